The number of H-pyrrole nitrogens is 1. The van der Waals surface area contributed by atoms with Crippen molar-refractivity contribution in [2.75, 3.05) is 5.32 Å². The second-order valence-corrected chi connectivity index (χ2v) is 5.06. The van der Waals surface area contributed by atoms with Crippen LogP contribution < -0.4 is 5.32 Å². The zero-order valence-electron chi connectivity index (χ0n) is 11.2. The van der Waals surface area contributed by atoms with Crippen molar-refractivity contribution in [2.45, 2.75) is 0 Å². The molecule has 2 N–H and O–H groups in total. The van der Waals surface area contributed by atoms with Crippen molar-refractivity contribution in [1.29, 1.82) is 0 Å². The van der Waals surface area contributed by atoms with Crippen molar-refractivity contribution >= 4 is 39.9 Å². The minimum absolute atomic E-state index is 0.180. The van der Waals surface area contributed by atoms with Crippen LogP contribution in [-0.4, -0.2) is 16.7 Å². The number of carbonyl (C=O) groups excluding carboxylic acids is 2. The molecule has 0 atom stereocenters. The number of rotatable bonds is 3. The molecule has 0 bridgehead atoms. The monoisotopic (exact) mass is 316 g/mol. The largest absolute Gasteiger partial charge is 0.360 e. The van der Waals surface area contributed by atoms with Crippen LogP contribution in [0, 0.1) is 5.82 Å². The zero-order valence-corrected chi connectivity index (χ0v) is 11.9. The zero-order chi connectivity index (χ0) is 15.7. The number of anilines is 1. The highest BCUT2D eigenvalue weighted by atomic mass is 35.5. The van der Waals surface area contributed by atoms with Gasteiger partial charge in [0.2, 0.25) is 0 Å². The van der Waals surface area contributed by atoms with Gasteiger partial charge in [-0.1, -0.05) is 23.7 Å². The summed E-state index contributed by atoms with van der Waals surface area (Å²) < 4.78 is 13.1. The lowest BCUT2D eigenvalue weighted by molar-refractivity contribution is -0.112. The Hall–Kier alpha value is -2.66. The van der Waals surface area contributed by atoms with Crippen molar-refractivity contribution in [3.63, 3.8) is 0 Å². The minimum Gasteiger partial charge on any atom is -0.360 e. The molecule has 6 heteroatoms. The summed E-state index contributed by atoms with van der Waals surface area (Å²) in [6.45, 7) is 0. The molecule has 0 aliphatic carbocycles. The molecule has 0 aliphatic heterocycles. The average Bonchev–Trinajstić information content (AvgIpc) is 2.91. The molecule has 0 radical (unpaired) electrons. The van der Waals surface area contributed by atoms with Crippen molar-refractivity contribution < 1.29 is 14.0 Å². The lowest BCUT2D eigenvalue weighted by atomic mass is 10.1. The number of nitrogens with one attached hydrogen (secondary N) is 2. The fourth-order valence-corrected chi connectivity index (χ4v) is 2.33. The molecule has 0 spiro atoms. The maximum Gasteiger partial charge on any atom is 0.296 e. The standard InChI is InChI=1S/C16H10ClFN2O2/c17-12-3-1-2-4-13(12)20-16(22)15(21)11-8-19-14-7-9(18)5-6-10(11)14/h1-8,19H,(H,20,22). The topological polar surface area (TPSA) is 62.0 Å². The molecule has 3 aromatic rings. The van der Waals surface area contributed by atoms with Gasteiger partial charge >= 0.3 is 0 Å². The van der Waals surface area contributed by atoms with Crippen LogP contribution in [0.2, 0.25) is 5.02 Å². The number of aromatic nitrogens is 1. The van der Waals surface area contributed by atoms with E-state index in [2.05, 4.69) is 10.3 Å². The summed E-state index contributed by atoms with van der Waals surface area (Å²) >= 11 is 5.94. The minimum atomic E-state index is -0.807. The Kier molecular flexibility index (Phi) is 3.65. The lowest BCUT2D eigenvalue weighted by Crippen LogP contribution is -2.22. The van der Waals surface area contributed by atoms with E-state index in [1.165, 1.54) is 24.4 Å². The summed E-state index contributed by atoms with van der Waals surface area (Å²) in [5, 5.41) is 3.29. The van der Waals surface area contributed by atoms with Gasteiger partial charge in [0, 0.05) is 17.1 Å². The SMILES string of the molecule is O=C(Nc1ccccc1Cl)C(=O)c1c[nH]c2cc(F)ccc12. The van der Waals surface area contributed by atoms with Gasteiger partial charge < -0.3 is 10.3 Å². The molecule has 22 heavy (non-hydrogen) atoms. The van der Waals surface area contributed by atoms with E-state index in [4.69, 9.17) is 11.6 Å². The van der Waals surface area contributed by atoms with Gasteiger partial charge in [0.25, 0.3) is 11.7 Å². The van der Waals surface area contributed by atoms with Gasteiger partial charge in [-0.15, -0.1) is 0 Å². The van der Waals surface area contributed by atoms with Crippen LogP contribution in [0.25, 0.3) is 10.9 Å². The summed E-state index contributed by atoms with van der Waals surface area (Å²) in [4.78, 5) is 27.1. The smallest absolute Gasteiger partial charge is 0.296 e. The van der Waals surface area contributed by atoms with E-state index in [0.29, 0.717) is 21.6 Å². The number of fused-ring (bicyclic) bond motifs is 1. The molecule has 1 amide bonds. The number of ketones is 1. The normalized spacial score (nSPS) is 10.6. The molecule has 0 fully saturated rings. The predicted molar refractivity (Wildman–Crippen MR) is 82.7 cm³/mol. The first-order chi connectivity index (χ1) is 10.6. The quantitative estimate of drug-likeness (QED) is 0.570. The Balaban J connectivity index is 1.89. The first-order valence-corrected chi connectivity index (χ1v) is 6.81. The van der Waals surface area contributed by atoms with E-state index in [-0.39, 0.29) is 5.56 Å². The maximum absolute atomic E-state index is 13.1. The highest BCUT2D eigenvalue weighted by Crippen LogP contribution is 2.22. The van der Waals surface area contributed by atoms with Crippen LogP contribution in [0.5, 0.6) is 0 Å². The summed E-state index contributed by atoms with van der Waals surface area (Å²) in [5.41, 5.74) is 0.988. The third kappa shape index (κ3) is 2.58. The van der Waals surface area contributed by atoms with E-state index < -0.39 is 17.5 Å². The fourth-order valence-electron chi connectivity index (χ4n) is 2.15. The number of Topliss-reactive ketones (excluding diaryl/α,β-unsaturated/α-hetero) is 1. The first-order valence-electron chi connectivity index (χ1n) is 6.43. The van der Waals surface area contributed by atoms with Crippen molar-refractivity contribution in [1.82, 2.24) is 4.98 Å². The lowest BCUT2D eigenvalue weighted by Gasteiger charge is -2.05. The van der Waals surface area contributed by atoms with E-state index >= 15 is 0 Å². The van der Waals surface area contributed by atoms with E-state index in [0.717, 1.165) is 0 Å². The number of aromatic amines is 1. The van der Waals surface area contributed by atoms with Gasteiger partial charge in [0.15, 0.2) is 0 Å². The van der Waals surface area contributed by atoms with Crippen molar-refractivity contribution in [2.24, 2.45) is 0 Å². The Morgan fingerprint density at radius 3 is 2.68 bits per heavy atom. The molecular weight excluding hydrogens is 307 g/mol. The van der Waals surface area contributed by atoms with Crippen LogP contribution in [0.1, 0.15) is 10.4 Å². The molecule has 110 valence electrons. The summed E-state index contributed by atoms with van der Waals surface area (Å²) in [6.07, 6.45) is 1.39. The maximum atomic E-state index is 13.1. The number of carbonyl (C=O) groups is 2. The summed E-state index contributed by atoms with van der Waals surface area (Å²) in [6, 6.07) is 10.6. The molecule has 3 rings (SSSR count). The fraction of sp³-hybridized carbons (Fsp3) is 0. The van der Waals surface area contributed by atoms with Gasteiger partial charge in [0.05, 0.1) is 16.3 Å². The van der Waals surface area contributed by atoms with Crippen LogP contribution in [0.4, 0.5) is 10.1 Å². The molecular formula is C16H10ClFN2O2. The van der Waals surface area contributed by atoms with Crippen LogP contribution in [0.15, 0.2) is 48.7 Å². The van der Waals surface area contributed by atoms with Gasteiger partial charge in [-0.2, -0.15) is 0 Å². The summed E-state index contributed by atoms with van der Waals surface area (Å²) in [7, 11) is 0. The number of amides is 1. The van der Waals surface area contributed by atoms with Gasteiger partial charge in [-0.3, -0.25) is 9.59 Å². The third-order valence-corrected chi connectivity index (χ3v) is 3.55. The number of hydrogen-bond donors (Lipinski definition) is 2. The average molecular weight is 317 g/mol. The number of hydrogen-bond acceptors (Lipinski definition) is 2. The van der Waals surface area contributed by atoms with E-state index in [1.54, 1.807) is 24.3 Å². The molecule has 0 saturated carbocycles. The number of benzene rings is 2. The molecule has 2 aromatic carbocycles. The third-order valence-electron chi connectivity index (χ3n) is 3.22. The molecule has 1 aromatic heterocycles. The molecule has 0 aliphatic rings. The number of halogens is 2. The second kappa shape index (κ2) is 5.61. The summed E-state index contributed by atoms with van der Waals surface area (Å²) in [5.74, 6) is -1.95. The van der Waals surface area contributed by atoms with Crippen molar-refractivity contribution in [3.8, 4) is 0 Å². The van der Waals surface area contributed by atoms with E-state index in [9.17, 15) is 14.0 Å². The molecule has 0 saturated heterocycles. The first kappa shape index (κ1) is 14.3. The van der Waals surface area contributed by atoms with Gasteiger partial charge in [-0.25, -0.2) is 4.39 Å². The highest BCUT2D eigenvalue weighted by Gasteiger charge is 2.20. The number of para-hydroxylation sites is 1. The highest BCUT2D eigenvalue weighted by molar-refractivity contribution is 6.49. The van der Waals surface area contributed by atoms with Gasteiger partial charge in [-0.05, 0) is 30.3 Å². The van der Waals surface area contributed by atoms with E-state index in [1.807, 2.05) is 0 Å². The van der Waals surface area contributed by atoms with Gasteiger partial charge in [0.1, 0.15) is 5.82 Å². The van der Waals surface area contributed by atoms with Crippen molar-refractivity contribution in [3.05, 3.63) is 65.1 Å². The Morgan fingerprint density at radius 2 is 1.91 bits per heavy atom. The Morgan fingerprint density at radius 1 is 1.14 bits per heavy atom. The Labute approximate surface area is 129 Å². The second-order valence-electron chi connectivity index (χ2n) is 4.66. The van der Waals surface area contributed by atoms with Crippen LogP contribution in [-0.2, 0) is 4.79 Å². The molecule has 1 heterocycles. The van der Waals surface area contributed by atoms with Crippen LogP contribution >= 0.6 is 11.6 Å². The molecule has 0 unspecified atom stereocenters. The molecule has 4 nitrogen and oxygen atoms in total. The predicted octanol–water partition coefficient (Wildman–Crippen LogP) is 3.78. The Bertz CT molecular complexity index is 889. The van der Waals surface area contributed by atoms with Crippen LogP contribution in [0.3, 0.4) is 0 Å².